The molecular formula is C6H4ClFO2S. The summed E-state index contributed by atoms with van der Waals surface area (Å²) in [7, 11) is 0. The fourth-order valence-corrected chi connectivity index (χ4v) is 1.67. The van der Waals surface area contributed by atoms with E-state index in [1.807, 2.05) is 0 Å². The molecule has 11 heavy (non-hydrogen) atoms. The molecule has 0 bridgehead atoms. The van der Waals surface area contributed by atoms with Gasteiger partial charge in [-0.05, 0) is 6.92 Å². The molecule has 0 spiro atoms. The molecule has 1 rings (SSSR count). The van der Waals surface area contributed by atoms with Crippen molar-refractivity contribution < 1.29 is 14.3 Å². The van der Waals surface area contributed by atoms with E-state index in [-0.39, 0.29) is 14.8 Å². The molecule has 0 fully saturated rings. The smallest absolute Gasteiger partial charge is 0.348 e. The second-order valence-corrected chi connectivity index (χ2v) is 3.57. The van der Waals surface area contributed by atoms with Crippen LogP contribution in [0.25, 0.3) is 0 Å². The summed E-state index contributed by atoms with van der Waals surface area (Å²) in [5, 5.41) is 8.42. The van der Waals surface area contributed by atoms with E-state index in [4.69, 9.17) is 16.7 Å². The van der Waals surface area contributed by atoms with Gasteiger partial charge in [0.1, 0.15) is 4.88 Å². The number of thiophene rings is 1. The Labute approximate surface area is 71.2 Å². The van der Waals surface area contributed by atoms with Crippen LogP contribution in [0, 0.1) is 12.7 Å². The van der Waals surface area contributed by atoms with Crippen LogP contribution in [0.15, 0.2) is 0 Å². The maximum atomic E-state index is 12.8. The first-order valence-corrected chi connectivity index (χ1v) is 3.91. The number of aromatic carboxylic acids is 1. The quantitative estimate of drug-likeness (QED) is 0.746. The highest BCUT2D eigenvalue weighted by Crippen LogP contribution is 2.30. The predicted octanol–water partition coefficient (Wildman–Crippen LogP) is 2.55. The number of rotatable bonds is 1. The number of carboxylic acid groups (broad SMARTS) is 1. The summed E-state index contributed by atoms with van der Waals surface area (Å²) in [6, 6.07) is 0. The number of hydrogen-bond donors (Lipinski definition) is 1. The molecule has 5 heteroatoms. The maximum absolute atomic E-state index is 12.8. The van der Waals surface area contributed by atoms with Crippen LogP contribution >= 0.6 is 22.9 Å². The lowest BCUT2D eigenvalue weighted by Gasteiger charge is -1.85. The molecule has 0 aromatic carbocycles. The van der Waals surface area contributed by atoms with E-state index in [1.165, 1.54) is 6.92 Å². The Morgan fingerprint density at radius 1 is 1.73 bits per heavy atom. The summed E-state index contributed by atoms with van der Waals surface area (Å²) in [6.07, 6.45) is 0. The molecule has 1 aromatic rings. The third-order valence-electron chi connectivity index (χ3n) is 1.21. The molecule has 1 heterocycles. The number of hydrogen-bond acceptors (Lipinski definition) is 2. The molecule has 1 N–H and O–H groups in total. The normalized spacial score (nSPS) is 10.1. The van der Waals surface area contributed by atoms with Crippen LogP contribution < -0.4 is 0 Å². The van der Waals surface area contributed by atoms with Crippen LogP contribution in [0.1, 0.15) is 15.2 Å². The zero-order chi connectivity index (χ0) is 8.59. The van der Waals surface area contributed by atoms with E-state index in [1.54, 1.807) is 0 Å². The highest BCUT2D eigenvalue weighted by molar-refractivity contribution is 7.18. The largest absolute Gasteiger partial charge is 0.477 e. The van der Waals surface area contributed by atoms with Crippen LogP contribution in [0.5, 0.6) is 0 Å². The Balaban J connectivity index is 3.29. The molecule has 0 unspecified atom stereocenters. The lowest BCUT2D eigenvalue weighted by molar-refractivity contribution is 0.0697. The number of carboxylic acids is 1. The van der Waals surface area contributed by atoms with Crippen LogP contribution in [-0.2, 0) is 0 Å². The van der Waals surface area contributed by atoms with Gasteiger partial charge in [-0.3, -0.25) is 0 Å². The van der Waals surface area contributed by atoms with E-state index in [0.29, 0.717) is 0 Å². The van der Waals surface area contributed by atoms with Gasteiger partial charge < -0.3 is 5.11 Å². The molecule has 0 aliphatic carbocycles. The molecule has 0 atom stereocenters. The van der Waals surface area contributed by atoms with Gasteiger partial charge in [0, 0.05) is 5.56 Å². The summed E-state index contributed by atoms with van der Waals surface area (Å²) < 4.78 is 13.0. The Kier molecular flexibility index (Phi) is 2.15. The fraction of sp³-hybridized carbons (Fsp3) is 0.167. The lowest BCUT2D eigenvalue weighted by Crippen LogP contribution is -1.95. The molecule has 60 valence electrons. The lowest BCUT2D eigenvalue weighted by atomic mass is 10.3. The summed E-state index contributed by atoms with van der Waals surface area (Å²) >= 11 is 6.23. The predicted molar refractivity (Wildman–Crippen MR) is 41.0 cm³/mol. The van der Waals surface area contributed by atoms with Crippen molar-refractivity contribution in [2.24, 2.45) is 0 Å². The van der Waals surface area contributed by atoms with Gasteiger partial charge in [-0.25, -0.2) is 9.18 Å². The van der Waals surface area contributed by atoms with E-state index < -0.39 is 11.8 Å². The topological polar surface area (TPSA) is 37.3 Å². The van der Waals surface area contributed by atoms with Gasteiger partial charge in [0.05, 0.1) is 4.34 Å². The van der Waals surface area contributed by atoms with E-state index in [9.17, 15) is 9.18 Å². The number of carbonyl (C=O) groups is 1. The first-order valence-electron chi connectivity index (χ1n) is 2.71. The molecule has 1 aromatic heterocycles. The fourth-order valence-electron chi connectivity index (χ4n) is 0.605. The highest BCUT2D eigenvalue weighted by atomic mass is 35.5. The molecule has 0 radical (unpaired) electrons. The third-order valence-corrected chi connectivity index (χ3v) is 2.77. The summed E-state index contributed by atoms with van der Waals surface area (Å²) in [5.74, 6) is -2.00. The minimum atomic E-state index is -1.28. The zero-order valence-electron chi connectivity index (χ0n) is 5.52. The SMILES string of the molecule is Cc1c(Cl)sc(C(=O)O)c1F. The van der Waals surface area contributed by atoms with Crippen molar-refractivity contribution in [3.63, 3.8) is 0 Å². The van der Waals surface area contributed by atoms with Crippen LogP contribution in [0.4, 0.5) is 4.39 Å². The monoisotopic (exact) mass is 194 g/mol. The van der Waals surface area contributed by atoms with Gasteiger partial charge in [0.25, 0.3) is 0 Å². The second kappa shape index (κ2) is 2.79. The Morgan fingerprint density at radius 2 is 2.27 bits per heavy atom. The molecular weight excluding hydrogens is 191 g/mol. The van der Waals surface area contributed by atoms with Gasteiger partial charge in [-0.15, -0.1) is 11.3 Å². The average molecular weight is 195 g/mol. The number of halogens is 2. The molecule has 0 aliphatic rings. The van der Waals surface area contributed by atoms with Crippen molar-refractivity contribution in [3.8, 4) is 0 Å². The van der Waals surface area contributed by atoms with Crippen molar-refractivity contribution >= 4 is 28.9 Å². The maximum Gasteiger partial charge on any atom is 0.348 e. The molecule has 0 saturated heterocycles. The van der Waals surface area contributed by atoms with Crippen molar-refractivity contribution in [3.05, 3.63) is 20.6 Å². The first kappa shape index (κ1) is 8.49. The van der Waals surface area contributed by atoms with Crippen LogP contribution in [0.3, 0.4) is 0 Å². The van der Waals surface area contributed by atoms with Crippen LogP contribution in [-0.4, -0.2) is 11.1 Å². The van der Waals surface area contributed by atoms with Crippen LogP contribution in [0.2, 0.25) is 4.34 Å². The average Bonchev–Trinajstić information content (AvgIpc) is 2.17. The van der Waals surface area contributed by atoms with Gasteiger partial charge in [0.15, 0.2) is 5.82 Å². The van der Waals surface area contributed by atoms with Crippen molar-refractivity contribution in [1.82, 2.24) is 0 Å². The second-order valence-electron chi connectivity index (χ2n) is 1.95. The molecule has 0 saturated carbocycles. The van der Waals surface area contributed by atoms with Gasteiger partial charge >= 0.3 is 5.97 Å². The summed E-state index contributed by atoms with van der Waals surface area (Å²) in [6.45, 7) is 1.45. The van der Waals surface area contributed by atoms with Crippen molar-refractivity contribution in [2.75, 3.05) is 0 Å². The third kappa shape index (κ3) is 1.36. The standard InChI is InChI=1S/C6H4ClFO2S/c1-2-3(8)4(6(9)10)11-5(2)7/h1H3,(H,9,10). The Hall–Kier alpha value is -0.610. The first-order chi connectivity index (χ1) is 5.04. The Bertz CT molecular complexity index is 308. The van der Waals surface area contributed by atoms with Gasteiger partial charge in [-0.2, -0.15) is 0 Å². The summed E-state index contributed by atoms with van der Waals surface area (Å²) in [5.41, 5.74) is 0.203. The van der Waals surface area contributed by atoms with Crippen molar-refractivity contribution in [1.29, 1.82) is 0 Å². The van der Waals surface area contributed by atoms with Crippen molar-refractivity contribution in [2.45, 2.75) is 6.92 Å². The van der Waals surface area contributed by atoms with E-state index >= 15 is 0 Å². The van der Waals surface area contributed by atoms with Gasteiger partial charge in [0.2, 0.25) is 0 Å². The zero-order valence-corrected chi connectivity index (χ0v) is 7.09. The summed E-state index contributed by atoms with van der Waals surface area (Å²) in [4.78, 5) is 9.97. The molecule has 0 aliphatic heterocycles. The minimum Gasteiger partial charge on any atom is -0.477 e. The highest BCUT2D eigenvalue weighted by Gasteiger charge is 2.18. The minimum absolute atomic E-state index is 0.194. The van der Waals surface area contributed by atoms with E-state index in [2.05, 4.69) is 0 Å². The van der Waals surface area contributed by atoms with E-state index in [0.717, 1.165) is 11.3 Å². The molecule has 2 nitrogen and oxygen atoms in total. The van der Waals surface area contributed by atoms with Gasteiger partial charge in [-0.1, -0.05) is 11.6 Å². The Morgan fingerprint density at radius 3 is 2.45 bits per heavy atom. The molecule has 0 amide bonds.